The van der Waals surface area contributed by atoms with Crippen molar-refractivity contribution >= 4 is 105 Å². The summed E-state index contributed by atoms with van der Waals surface area (Å²) in [4.78, 5) is 0. The summed E-state index contributed by atoms with van der Waals surface area (Å²) in [6, 6.07) is 0. The summed E-state index contributed by atoms with van der Waals surface area (Å²) in [6.45, 7) is 7.12. The average Bonchev–Trinajstić information content (AvgIpc) is 2.88. The van der Waals surface area contributed by atoms with E-state index in [1.54, 1.807) is 54.2 Å². The molecule has 0 aliphatic rings. The van der Waals surface area contributed by atoms with E-state index in [0.717, 1.165) is 0 Å². The standard InChI is InChI=1S/C18H32N14S4/c1-11(23-29-15(33)19-5)13(3)25-31-17(35)27-21-9-7-8-10-22-28-18(36)32-26-14(4)12(2)24-30-16(34)20-6/h9-10H,7-8H2,1-6H3,(H2,19,29,33)(H2,20,30,34)(H2,27,31,35)(H2,28,32,36)/b21-9+,22-10+,23-11+,24-12+,25-13+,26-14+. The number of unbranched alkanes of at least 4 members (excludes halogenated alkanes) is 1. The van der Waals surface area contributed by atoms with E-state index in [1.807, 2.05) is 0 Å². The molecule has 0 saturated heterocycles. The molecule has 0 aliphatic carbocycles. The summed E-state index contributed by atoms with van der Waals surface area (Å²) in [5.41, 5.74) is 18.6. The number of nitrogens with one attached hydrogen (secondary N) is 8. The first-order valence-electron chi connectivity index (χ1n) is 10.4. The molecule has 0 saturated carbocycles. The monoisotopic (exact) mass is 572 g/mol. The molecule has 0 bridgehead atoms. The zero-order chi connectivity index (χ0) is 27.3. The number of rotatable bonds is 11. The quantitative estimate of drug-likeness (QED) is 0.0741. The van der Waals surface area contributed by atoms with Crippen LogP contribution in [0.15, 0.2) is 30.6 Å². The molecule has 0 unspecified atom stereocenters. The Morgan fingerprint density at radius 1 is 0.500 bits per heavy atom. The van der Waals surface area contributed by atoms with Gasteiger partial charge in [-0.1, -0.05) is 0 Å². The largest absolute Gasteiger partial charge is 0.364 e. The Kier molecular flexibility index (Phi) is 18.2. The minimum atomic E-state index is 0.237. The van der Waals surface area contributed by atoms with Gasteiger partial charge in [-0.05, 0) is 89.4 Å². The Balaban J connectivity index is 4.21. The van der Waals surface area contributed by atoms with Crippen LogP contribution in [0.5, 0.6) is 0 Å². The molecule has 0 rings (SSSR count). The highest BCUT2D eigenvalue weighted by Crippen LogP contribution is 1.85. The van der Waals surface area contributed by atoms with Gasteiger partial charge in [-0.15, -0.1) is 0 Å². The van der Waals surface area contributed by atoms with Crippen molar-refractivity contribution in [3.63, 3.8) is 0 Å². The number of thiocarbonyl (C=S) groups is 4. The van der Waals surface area contributed by atoms with Crippen molar-refractivity contribution in [2.24, 2.45) is 30.6 Å². The van der Waals surface area contributed by atoms with Crippen LogP contribution < -0.4 is 43.2 Å². The van der Waals surface area contributed by atoms with Crippen LogP contribution in [0.4, 0.5) is 0 Å². The minimum absolute atomic E-state index is 0.237. The van der Waals surface area contributed by atoms with Crippen molar-refractivity contribution in [1.82, 2.24) is 43.2 Å². The van der Waals surface area contributed by atoms with Crippen molar-refractivity contribution in [3.05, 3.63) is 0 Å². The summed E-state index contributed by atoms with van der Waals surface area (Å²) in [6.07, 6.45) is 4.57. The fourth-order valence-corrected chi connectivity index (χ4v) is 1.80. The summed E-state index contributed by atoms with van der Waals surface area (Å²) >= 11 is 20.1. The van der Waals surface area contributed by atoms with Gasteiger partial charge >= 0.3 is 0 Å². The predicted molar refractivity (Wildman–Crippen MR) is 166 cm³/mol. The molecule has 0 amide bonds. The molecular weight excluding hydrogens is 541 g/mol. The summed E-state index contributed by atoms with van der Waals surface area (Å²) in [5.74, 6) is 0. The van der Waals surface area contributed by atoms with Gasteiger partial charge < -0.3 is 10.6 Å². The smallest absolute Gasteiger partial charge is 0.207 e. The van der Waals surface area contributed by atoms with E-state index in [-0.39, 0.29) is 10.2 Å². The van der Waals surface area contributed by atoms with E-state index in [0.29, 0.717) is 45.9 Å². The van der Waals surface area contributed by atoms with Crippen molar-refractivity contribution in [3.8, 4) is 0 Å². The fraction of sp³-hybridized carbons (Fsp3) is 0.444. The van der Waals surface area contributed by atoms with Gasteiger partial charge in [0.25, 0.3) is 0 Å². The maximum absolute atomic E-state index is 5.11. The first-order chi connectivity index (χ1) is 17.1. The number of hydrogen-bond acceptors (Lipinski definition) is 10. The van der Waals surface area contributed by atoms with E-state index >= 15 is 0 Å². The van der Waals surface area contributed by atoms with Gasteiger partial charge in [-0.25, -0.2) is 0 Å². The molecule has 14 nitrogen and oxygen atoms in total. The van der Waals surface area contributed by atoms with Crippen LogP contribution in [0, 0.1) is 0 Å². The third-order valence-corrected chi connectivity index (χ3v) is 4.70. The zero-order valence-corrected chi connectivity index (χ0v) is 24.2. The lowest BCUT2D eigenvalue weighted by Gasteiger charge is -2.05. The zero-order valence-electron chi connectivity index (χ0n) is 20.9. The minimum Gasteiger partial charge on any atom is -0.364 e. The SMILES string of the molecule is CNC(=S)N/N=C(C)/C(C)=N/NC(=S)N/N=C/CC/C=N/NC(=S)N/N=C(C)/C(C)=N/NC(=S)NC. The molecule has 198 valence electrons. The lowest BCUT2D eigenvalue weighted by atomic mass is 10.3. The highest BCUT2D eigenvalue weighted by atomic mass is 32.1. The van der Waals surface area contributed by atoms with Crippen molar-refractivity contribution < 1.29 is 0 Å². The van der Waals surface area contributed by atoms with Gasteiger partial charge in [-0.3, -0.25) is 32.6 Å². The Bertz CT molecular complexity index is 875. The highest BCUT2D eigenvalue weighted by Gasteiger charge is 2.00. The Morgan fingerprint density at radius 3 is 1.06 bits per heavy atom. The molecule has 0 spiro atoms. The Labute approximate surface area is 232 Å². The molecule has 0 aromatic rings. The van der Waals surface area contributed by atoms with Gasteiger partial charge in [-0.2, -0.15) is 30.6 Å². The lowest BCUT2D eigenvalue weighted by molar-refractivity contribution is 0.918. The van der Waals surface area contributed by atoms with Crippen LogP contribution in [0.25, 0.3) is 0 Å². The van der Waals surface area contributed by atoms with Gasteiger partial charge in [0, 0.05) is 26.5 Å². The highest BCUT2D eigenvalue weighted by molar-refractivity contribution is 7.80. The molecule has 18 heteroatoms. The predicted octanol–water partition coefficient (Wildman–Crippen LogP) is 0.358. The maximum Gasteiger partial charge on any atom is 0.207 e. The topological polar surface area (TPSA) is 170 Å². The number of nitrogens with zero attached hydrogens (tertiary/aromatic N) is 6. The molecule has 0 aromatic heterocycles. The third-order valence-electron chi connectivity index (χ3n) is 3.74. The average molecular weight is 573 g/mol. The van der Waals surface area contributed by atoms with Gasteiger partial charge in [0.2, 0.25) is 10.2 Å². The first kappa shape index (κ1) is 32.8. The van der Waals surface area contributed by atoms with E-state index in [2.05, 4.69) is 73.8 Å². The van der Waals surface area contributed by atoms with Crippen LogP contribution in [-0.2, 0) is 0 Å². The second-order valence-electron chi connectivity index (χ2n) is 6.48. The number of hydrazone groups is 6. The van der Waals surface area contributed by atoms with E-state index in [9.17, 15) is 0 Å². The lowest BCUT2D eigenvalue weighted by Crippen LogP contribution is -2.31. The molecular formula is C18H32N14S4. The van der Waals surface area contributed by atoms with Crippen molar-refractivity contribution in [2.75, 3.05) is 14.1 Å². The Hall–Kier alpha value is -3.22. The molecule has 0 aromatic carbocycles. The van der Waals surface area contributed by atoms with E-state index in [1.165, 1.54) is 0 Å². The van der Waals surface area contributed by atoms with Crippen LogP contribution in [0.1, 0.15) is 40.5 Å². The summed E-state index contributed by atoms with van der Waals surface area (Å²) in [5, 5.41) is 31.2. The molecule has 8 N–H and O–H groups in total. The normalized spacial score (nSPS) is 12.7. The molecule has 0 heterocycles. The van der Waals surface area contributed by atoms with Crippen LogP contribution in [-0.4, -0.2) is 69.8 Å². The van der Waals surface area contributed by atoms with Crippen LogP contribution in [0.3, 0.4) is 0 Å². The van der Waals surface area contributed by atoms with Gasteiger partial charge in [0.05, 0.1) is 22.8 Å². The Morgan fingerprint density at radius 2 is 0.778 bits per heavy atom. The molecule has 36 heavy (non-hydrogen) atoms. The van der Waals surface area contributed by atoms with E-state index < -0.39 is 0 Å². The van der Waals surface area contributed by atoms with Gasteiger partial charge in [0.15, 0.2) is 10.2 Å². The molecule has 0 aliphatic heterocycles. The van der Waals surface area contributed by atoms with Crippen molar-refractivity contribution in [1.29, 1.82) is 0 Å². The third kappa shape index (κ3) is 17.2. The number of hydrogen-bond donors (Lipinski definition) is 8. The van der Waals surface area contributed by atoms with Gasteiger partial charge in [0.1, 0.15) is 0 Å². The molecule has 0 radical (unpaired) electrons. The van der Waals surface area contributed by atoms with Crippen molar-refractivity contribution in [2.45, 2.75) is 40.5 Å². The molecule has 0 atom stereocenters. The van der Waals surface area contributed by atoms with E-state index in [4.69, 9.17) is 48.9 Å². The first-order valence-corrected chi connectivity index (χ1v) is 12.0. The van der Waals surface area contributed by atoms with Crippen LogP contribution >= 0.6 is 48.9 Å². The summed E-state index contributed by atoms with van der Waals surface area (Å²) < 4.78 is 0. The second-order valence-corrected chi connectivity index (χ2v) is 8.11. The fourth-order valence-electron chi connectivity index (χ4n) is 1.51. The summed E-state index contributed by atoms with van der Waals surface area (Å²) in [7, 11) is 3.40. The maximum atomic E-state index is 5.11. The van der Waals surface area contributed by atoms with Crippen LogP contribution in [0.2, 0.25) is 0 Å². The molecule has 0 fully saturated rings. The second kappa shape index (κ2) is 20.0.